The van der Waals surface area contributed by atoms with Crippen LogP contribution >= 0.6 is 11.6 Å². The first-order valence-corrected chi connectivity index (χ1v) is 13.7. The lowest BCUT2D eigenvalue weighted by Crippen LogP contribution is -2.40. The summed E-state index contributed by atoms with van der Waals surface area (Å²) >= 11 is 5.95. The fraction of sp³-hybridized carbons (Fsp3) is 0.286. The highest BCUT2D eigenvalue weighted by atomic mass is 35.5. The number of sulfonamides is 1. The van der Waals surface area contributed by atoms with Gasteiger partial charge in [0.05, 0.1) is 22.9 Å². The number of carbonyl (C=O) groups is 1. The summed E-state index contributed by atoms with van der Waals surface area (Å²) in [5.41, 5.74) is 5.38. The van der Waals surface area contributed by atoms with Gasteiger partial charge < -0.3 is 4.74 Å². The average molecular weight is 542 g/mol. The summed E-state index contributed by atoms with van der Waals surface area (Å²) in [6.45, 7) is 9.81. The third-order valence-electron chi connectivity index (χ3n) is 5.64. The molecule has 3 aromatic rings. The van der Waals surface area contributed by atoms with E-state index >= 15 is 0 Å². The summed E-state index contributed by atoms with van der Waals surface area (Å²) < 4.78 is 33.9. The molecular formula is C28H32ClN3O4S. The summed E-state index contributed by atoms with van der Waals surface area (Å²) in [4.78, 5) is 13.0. The topological polar surface area (TPSA) is 88.1 Å². The lowest BCUT2D eigenvalue weighted by atomic mass is 9.86. The van der Waals surface area contributed by atoms with Crippen LogP contribution in [0, 0.1) is 0 Å². The van der Waals surface area contributed by atoms with Crippen molar-refractivity contribution in [1.29, 1.82) is 0 Å². The maximum Gasteiger partial charge on any atom is 0.264 e. The molecule has 1 N–H and O–H groups in total. The Hall–Kier alpha value is -3.36. The summed E-state index contributed by atoms with van der Waals surface area (Å²) in [7, 11) is -4.13. The van der Waals surface area contributed by atoms with Gasteiger partial charge in [-0.1, -0.05) is 68.8 Å². The molecule has 3 aromatic carbocycles. The second-order valence-corrected chi connectivity index (χ2v) is 11.7. The highest BCUT2D eigenvalue weighted by Gasteiger charge is 2.29. The molecule has 37 heavy (non-hydrogen) atoms. The molecule has 0 heterocycles. The Labute approximate surface area is 224 Å². The van der Waals surface area contributed by atoms with Gasteiger partial charge in [0.25, 0.3) is 15.9 Å². The van der Waals surface area contributed by atoms with Crippen molar-refractivity contribution in [2.45, 2.75) is 44.9 Å². The van der Waals surface area contributed by atoms with Crippen molar-refractivity contribution in [1.82, 2.24) is 5.43 Å². The van der Waals surface area contributed by atoms with Crippen LogP contribution in [0.3, 0.4) is 0 Å². The summed E-state index contributed by atoms with van der Waals surface area (Å²) in [5, 5.41) is 4.61. The minimum absolute atomic E-state index is 0.00498. The summed E-state index contributed by atoms with van der Waals surface area (Å²) in [6, 6.07) is 20.4. The van der Waals surface area contributed by atoms with Crippen molar-refractivity contribution in [3.63, 3.8) is 0 Å². The van der Waals surface area contributed by atoms with Crippen LogP contribution in [-0.4, -0.2) is 33.2 Å². The third-order valence-corrected chi connectivity index (χ3v) is 7.67. The second-order valence-electron chi connectivity index (χ2n) is 9.43. The van der Waals surface area contributed by atoms with Gasteiger partial charge in [-0.3, -0.25) is 9.10 Å². The number of hydrazone groups is 1. The lowest BCUT2D eigenvalue weighted by Gasteiger charge is -2.25. The average Bonchev–Trinajstić information content (AvgIpc) is 2.86. The van der Waals surface area contributed by atoms with E-state index in [2.05, 4.69) is 31.3 Å². The normalized spacial score (nSPS) is 12.2. The number of carbonyl (C=O) groups excluding carboxylic acids is 1. The highest BCUT2D eigenvalue weighted by Crippen LogP contribution is 2.32. The van der Waals surface area contributed by atoms with Crippen LogP contribution in [0.2, 0.25) is 5.02 Å². The Morgan fingerprint density at radius 2 is 1.62 bits per heavy atom. The maximum absolute atomic E-state index is 13.6. The van der Waals surface area contributed by atoms with Gasteiger partial charge in [-0.25, -0.2) is 13.8 Å². The molecule has 0 aliphatic heterocycles. The summed E-state index contributed by atoms with van der Waals surface area (Å²) in [5.74, 6) is -0.261. The van der Waals surface area contributed by atoms with Crippen molar-refractivity contribution in [2.75, 3.05) is 17.5 Å². The molecule has 0 fully saturated rings. The number of benzene rings is 3. The molecule has 0 spiro atoms. The van der Waals surface area contributed by atoms with Crippen molar-refractivity contribution in [2.24, 2.45) is 5.10 Å². The Morgan fingerprint density at radius 1 is 1.00 bits per heavy atom. The molecule has 0 aromatic heterocycles. The van der Waals surface area contributed by atoms with Gasteiger partial charge in [0, 0.05) is 5.02 Å². The molecule has 7 nitrogen and oxygen atoms in total. The zero-order valence-corrected chi connectivity index (χ0v) is 23.2. The molecule has 0 aliphatic carbocycles. The van der Waals surface area contributed by atoms with E-state index in [9.17, 15) is 13.2 Å². The van der Waals surface area contributed by atoms with E-state index in [0.29, 0.717) is 23.1 Å². The fourth-order valence-electron chi connectivity index (χ4n) is 3.56. The standard InChI is InChI=1S/C28H32ClN3O4S/c1-6-36-26-10-8-7-9-25(26)32(37(34,35)24-17-15-23(29)16-18-24)19-27(33)31-30-20(2)21-11-13-22(14-12-21)28(3,4)5/h7-18H,6,19H2,1-5H3,(H,31,33)/b30-20-. The van der Waals surface area contributed by atoms with E-state index in [4.69, 9.17) is 16.3 Å². The molecule has 0 saturated carbocycles. The number of hydrogen-bond donors (Lipinski definition) is 1. The lowest BCUT2D eigenvalue weighted by molar-refractivity contribution is -0.119. The van der Waals surface area contributed by atoms with Gasteiger partial charge in [-0.15, -0.1) is 0 Å². The SMILES string of the molecule is CCOc1ccccc1N(CC(=O)N/N=C(/C)c1ccc(C(C)(C)C)cc1)S(=O)(=O)c1ccc(Cl)cc1. The monoisotopic (exact) mass is 541 g/mol. The van der Waals surface area contributed by atoms with E-state index in [1.54, 1.807) is 38.1 Å². The van der Waals surface area contributed by atoms with E-state index in [0.717, 1.165) is 9.87 Å². The fourth-order valence-corrected chi connectivity index (χ4v) is 5.12. The molecule has 196 valence electrons. The quantitative estimate of drug-likeness (QED) is 0.275. The van der Waals surface area contributed by atoms with E-state index in [1.807, 2.05) is 24.3 Å². The van der Waals surface area contributed by atoms with Crippen LogP contribution in [0.1, 0.15) is 45.7 Å². The zero-order valence-electron chi connectivity index (χ0n) is 21.7. The van der Waals surface area contributed by atoms with Crippen LogP contribution in [0.5, 0.6) is 5.75 Å². The Morgan fingerprint density at radius 3 is 2.22 bits per heavy atom. The molecule has 0 atom stereocenters. The number of ether oxygens (including phenoxy) is 1. The minimum Gasteiger partial charge on any atom is -0.492 e. The minimum atomic E-state index is -4.13. The van der Waals surface area contributed by atoms with Crippen LogP contribution in [0.15, 0.2) is 82.8 Å². The number of halogens is 1. The van der Waals surface area contributed by atoms with Crippen molar-refractivity contribution in [3.05, 3.63) is 88.9 Å². The van der Waals surface area contributed by atoms with Gasteiger partial charge in [0.1, 0.15) is 12.3 Å². The number of amides is 1. The first kappa shape index (κ1) is 28.2. The number of hydrogen-bond acceptors (Lipinski definition) is 5. The molecule has 1 amide bonds. The Kier molecular flexibility index (Phi) is 8.99. The van der Waals surface area contributed by atoms with Gasteiger partial charge >= 0.3 is 0 Å². The van der Waals surface area contributed by atoms with Crippen LogP contribution in [-0.2, 0) is 20.2 Å². The summed E-state index contributed by atoms with van der Waals surface area (Å²) in [6.07, 6.45) is 0. The molecule has 3 rings (SSSR count). The molecule has 0 bridgehead atoms. The first-order valence-electron chi connectivity index (χ1n) is 11.9. The molecule has 0 unspecified atom stereocenters. The van der Waals surface area contributed by atoms with Gasteiger partial charge in [-0.2, -0.15) is 5.10 Å². The van der Waals surface area contributed by atoms with E-state index in [1.165, 1.54) is 29.8 Å². The Bertz CT molecular complexity index is 1360. The van der Waals surface area contributed by atoms with E-state index < -0.39 is 22.5 Å². The molecule has 0 saturated heterocycles. The van der Waals surface area contributed by atoms with Crippen LogP contribution in [0.25, 0.3) is 0 Å². The van der Waals surface area contributed by atoms with Crippen molar-refractivity contribution < 1.29 is 17.9 Å². The smallest absolute Gasteiger partial charge is 0.264 e. The first-order chi connectivity index (χ1) is 17.4. The van der Waals surface area contributed by atoms with Gasteiger partial charge in [0.15, 0.2) is 0 Å². The van der Waals surface area contributed by atoms with Crippen LogP contribution in [0.4, 0.5) is 5.69 Å². The number of nitrogens with zero attached hydrogens (tertiary/aromatic N) is 2. The number of nitrogens with one attached hydrogen (secondary N) is 1. The van der Waals surface area contributed by atoms with Crippen molar-refractivity contribution in [3.8, 4) is 5.75 Å². The van der Waals surface area contributed by atoms with Crippen LogP contribution < -0.4 is 14.5 Å². The number of para-hydroxylation sites is 2. The zero-order chi connectivity index (χ0) is 27.2. The molecule has 0 radical (unpaired) electrons. The molecular weight excluding hydrogens is 510 g/mol. The number of rotatable bonds is 9. The van der Waals surface area contributed by atoms with Gasteiger partial charge in [0.2, 0.25) is 0 Å². The van der Waals surface area contributed by atoms with Gasteiger partial charge in [-0.05, 0) is 66.8 Å². The Balaban J connectivity index is 1.89. The predicted molar refractivity (Wildman–Crippen MR) is 149 cm³/mol. The van der Waals surface area contributed by atoms with E-state index in [-0.39, 0.29) is 16.0 Å². The van der Waals surface area contributed by atoms with Crippen molar-refractivity contribution >= 4 is 38.9 Å². The second kappa shape index (κ2) is 11.8. The molecule has 0 aliphatic rings. The highest BCUT2D eigenvalue weighted by molar-refractivity contribution is 7.92. The third kappa shape index (κ3) is 7.11. The molecule has 9 heteroatoms. The number of anilines is 1. The predicted octanol–water partition coefficient (Wildman–Crippen LogP) is 5.77. The maximum atomic E-state index is 13.6. The largest absolute Gasteiger partial charge is 0.492 e.